The van der Waals surface area contributed by atoms with Crippen LogP contribution in [0.15, 0.2) is 180 Å². The van der Waals surface area contributed by atoms with Crippen molar-refractivity contribution in [3.63, 3.8) is 0 Å². The quantitative estimate of drug-likeness (QED) is 0.109. The van der Waals surface area contributed by atoms with Crippen LogP contribution in [0.1, 0.15) is 22.3 Å². The van der Waals surface area contributed by atoms with E-state index in [4.69, 9.17) is 10.2 Å². The van der Waals surface area contributed by atoms with E-state index in [-0.39, 0.29) is 0 Å². The first-order valence-corrected chi connectivity index (χ1v) is 14.7. The number of fused-ring (bicyclic) bond motifs is 3. The highest BCUT2D eigenvalue weighted by Gasteiger charge is 2.11. The van der Waals surface area contributed by atoms with E-state index in [1.807, 2.05) is 72.8 Å². The van der Waals surface area contributed by atoms with Crippen molar-refractivity contribution in [3.05, 3.63) is 192 Å². The number of hydrogen-bond donors (Lipinski definition) is 2. The predicted molar refractivity (Wildman–Crippen MR) is 186 cm³/mol. The zero-order valence-corrected chi connectivity index (χ0v) is 24.1. The van der Waals surface area contributed by atoms with Crippen molar-refractivity contribution < 1.29 is 0 Å². The molecule has 4 heteroatoms. The lowest BCUT2D eigenvalue weighted by molar-refractivity contribution is 1.33. The van der Waals surface area contributed by atoms with Crippen molar-refractivity contribution in [1.29, 1.82) is 0 Å². The first-order valence-electron chi connectivity index (χ1n) is 14.7. The van der Waals surface area contributed by atoms with Gasteiger partial charge in [-0.15, -0.1) is 0 Å². The maximum Gasteiger partial charge on any atom is 0.0977 e. The number of anilines is 2. The second kappa shape index (κ2) is 12.5. The molecule has 210 valence electrons. The molecule has 0 bridgehead atoms. The Kier molecular flexibility index (Phi) is 7.62. The number of nitrogens with one attached hydrogen (secondary N) is 2. The van der Waals surface area contributed by atoms with E-state index in [0.717, 1.165) is 66.6 Å². The molecule has 2 N–H and O–H groups in total. The Balaban J connectivity index is 1.26. The van der Waals surface area contributed by atoms with Crippen LogP contribution in [0.5, 0.6) is 0 Å². The zero-order chi connectivity index (χ0) is 29.6. The van der Waals surface area contributed by atoms with E-state index in [9.17, 15) is 0 Å². The van der Waals surface area contributed by atoms with Crippen LogP contribution >= 0.6 is 0 Å². The lowest BCUT2D eigenvalue weighted by atomic mass is 10.00. The third-order valence-electron chi connectivity index (χ3n) is 7.68. The molecule has 4 nitrogen and oxygen atoms in total. The third-order valence-corrected chi connectivity index (χ3v) is 7.68. The van der Waals surface area contributed by atoms with Crippen LogP contribution in [-0.2, 0) is 0 Å². The molecule has 0 aliphatic carbocycles. The van der Waals surface area contributed by atoms with Gasteiger partial charge in [0.2, 0.25) is 0 Å². The highest BCUT2D eigenvalue weighted by molar-refractivity contribution is 6.16. The van der Waals surface area contributed by atoms with Crippen molar-refractivity contribution in [2.75, 3.05) is 10.9 Å². The first-order chi connectivity index (χ1) is 21.8. The molecular weight excluding hydrogens is 536 g/mol. The predicted octanol–water partition coefficient (Wildman–Crippen LogP) is 9.72. The largest absolute Gasteiger partial charge is 0.277 e. The van der Waals surface area contributed by atoms with E-state index in [1.54, 1.807) is 0 Å². The van der Waals surface area contributed by atoms with Gasteiger partial charge in [-0.25, -0.2) is 0 Å². The average Bonchev–Trinajstić information content (AvgIpc) is 3.10. The fraction of sp³-hybridized carbons (Fsp3) is 0. The van der Waals surface area contributed by atoms with Crippen LogP contribution in [0, 0.1) is 0 Å². The smallest absolute Gasteiger partial charge is 0.0977 e. The topological polar surface area (TPSA) is 48.8 Å². The van der Waals surface area contributed by atoms with Gasteiger partial charge in [0.05, 0.1) is 22.8 Å². The average molecular weight is 567 g/mol. The summed E-state index contributed by atoms with van der Waals surface area (Å²) in [7, 11) is 0. The lowest BCUT2D eigenvalue weighted by Gasteiger charge is -2.13. The van der Waals surface area contributed by atoms with Gasteiger partial charge in [-0.1, -0.05) is 158 Å². The summed E-state index contributed by atoms with van der Waals surface area (Å²) in [4.78, 5) is 0. The molecular formula is C40H30N4. The van der Waals surface area contributed by atoms with Gasteiger partial charge in [0.1, 0.15) is 0 Å². The van der Waals surface area contributed by atoms with E-state index >= 15 is 0 Å². The van der Waals surface area contributed by atoms with Crippen LogP contribution in [-0.4, -0.2) is 11.4 Å². The molecule has 7 rings (SSSR count). The standard InChI is InChI=1S/C40H30N4/c1-5-15-29(16-6-1)39(30-17-7-2-8-18-30)43-41-37-25-13-23-33-34-24-14-26-38(36(34)28-27-35(33)37)42-44-40(31-19-9-3-10-20-31)32-21-11-4-12-22-32/h1-28,41-42H. The number of hydrazone groups is 2. The number of nitrogens with zero attached hydrogens (tertiary/aromatic N) is 2. The summed E-state index contributed by atoms with van der Waals surface area (Å²) in [5.74, 6) is 0. The van der Waals surface area contributed by atoms with Crippen molar-refractivity contribution in [2.45, 2.75) is 0 Å². The molecule has 0 saturated heterocycles. The Morgan fingerprint density at radius 2 is 0.614 bits per heavy atom. The fourth-order valence-electron chi connectivity index (χ4n) is 5.53. The van der Waals surface area contributed by atoms with Gasteiger partial charge >= 0.3 is 0 Å². The monoisotopic (exact) mass is 566 g/mol. The maximum absolute atomic E-state index is 4.93. The minimum atomic E-state index is 0.890. The Morgan fingerprint density at radius 3 is 0.932 bits per heavy atom. The molecule has 0 spiro atoms. The number of rotatable bonds is 8. The molecule has 7 aromatic carbocycles. The molecule has 44 heavy (non-hydrogen) atoms. The molecule has 0 amide bonds. The SMILES string of the molecule is c1ccc(C(=NNc2cccc3c2ccc2c(NN=C(c4ccccc4)c4ccccc4)cccc23)c2ccccc2)cc1. The summed E-state index contributed by atoms with van der Waals surface area (Å²) in [5, 5.41) is 14.3. The molecule has 0 unspecified atom stereocenters. The highest BCUT2D eigenvalue weighted by atomic mass is 15.3. The summed E-state index contributed by atoms with van der Waals surface area (Å²) in [6.07, 6.45) is 0. The van der Waals surface area contributed by atoms with Crippen LogP contribution in [0.3, 0.4) is 0 Å². The first kappa shape index (κ1) is 26.9. The summed E-state index contributed by atoms with van der Waals surface area (Å²) >= 11 is 0. The molecule has 0 heterocycles. The van der Waals surface area contributed by atoms with Gasteiger partial charge in [-0.2, -0.15) is 10.2 Å². The molecule has 0 radical (unpaired) electrons. The fourth-order valence-corrected chi connectivity index (χ4v) is 5.53. The molecule has 7 aromatic rings. The van der Waals surface area contributed by atoms with Gasteiger partial charge in [0.25, 0.3) is 0 Å². The molecule has 0 saturated carbocycles. The van der Waals surface area contributed by atoms with Crippen molar-refractivity contribution >= 4 is 44.3 Å². The van der Waals surface area contributed by atoms with E-state index in [1.165, 1.54) is 0 Å². The van der Waals surface area contributed by atoms with E-state index < -0.39 is 0 Å². The third kappa shape index (κ3) is 5.57. The second-order valence-electron chi connectivity index (χ2n) is 10.5. The van der Waals surface area contributed by atoms with Gasteiger partial charge in [-0.3, -0.25) is 10.9 Å². The van der Waals surface area contributed by atoms with E-state index in [2.05, 4.69) is 108 Å². The van der Waals surface area contributed by atoms with Gasteiger partial charge in [-0.05, 0) is 22.9 Å². The van der Waals surface area contributed by atoms with Crippen LogP contribution in [0.2, 0.25) is 0 Å². The van der Waals surface area contributed by atoms with Gasteiger partial charge in [0.15, 0.2) is 0 Å². The van der Waals surface area contributed by atoms with Gasteiger partial charge < -0.3 is 0 Å². The van der Waals surface area contributed by atoms with Gasteiger partial charge in [0, 0.05) is 33.0 Å². The van der Waals surface area contributed by atoms with Crippen molar-refractivity contribution in [1.82, 2.24) is 0 Å². The molecule has 0 aromatic heterocycles. The zero-order valence-electron chi connectivity index (χ0n) is 24.1. The van der Waals surface area contributed by atoms with Crippen molar-refractivity contribution in [3.8, 4) is 0 Å². The minimum Gasteiger partial charge on any atom is -0.277 e. The van der Waals surface area contributed by atoms with Crippen LogP contribution in [0.25, 0.3) is 21.5 Å². The minimum absolute atomic E-state index is 0.890. The van der Waals surface area contributed by atoms with Crippen LogP contribution < -0.4 is 10.9 Å². The molecule has 0 aliphatic rings. The van der Waals surface area contributed by atoms with Crippen LogP contribution in [0.4, 0.5) is 11.4 Å². The Morgan fingerprint density at radius 1 is 0.295 bits per heavy atom. The molecule has 0 fully saturated rings. The normalized spacial score (nSPS) is 10.7. The van der Waals surface area contributed by atoms with Crippen molar-refractivity contribution in [2.24, 2.45) is 10.2 Å². The van der Waals surface area contributed by atoms with E-state index in [0.29, 0.717) is 0 Å². The number of hydrogen-bond acceptors (Lipinski definition) is 4. The lowest BCUT2D eigenvalue weighted by Crippen LogP contribution is -2.07. The summed E-state index contributed by atoms with van der Waals surface area (Å²) in [6, 6.07) is 58.0. The second-order valence-corrected chi connectivity index (χ2v) is 10.5. The highest BCUT2D eigenvalue weighted by Crippen LogP contribution is 2.34. The Bertz CT molecular complexity index is 1850. The molecule has 0 aliphatic heterocycles. The summed E-state index contributed by atoms with van der Waals surface area (Å²) in [6.45, 7) is 0. The maximum atomic E-state index is 4.93. The summed E-state index contributed by atoms with van der Waals surface area (Å²) in [5.41, 5.74) is 14.7. The Labute approximate surface area is 257 Å². The number of benzene rings is 7. The molecule has 0 atom stereocenters. The summed E-state index contributed by atoms with van der Waals surface area (Å²) < 4.78 is 0. The Hall–Kier alpha value is -6.00.